The number of hydrogen-bond donors (Lipinski definition) is 0. The van der Waals surface area contributed by atoms with E-state index < -0.39 is 0 Å². The smallest absolute Gasteiger partial charge is 0.289 e. The number of rotatable bonds is 2. The first-order valence-electron chi connectivity index (χ1n) is 10.9. The SMILES string of the molecule is Cc1noc(C)c1C(=O)N1CCC2(CCN(C(=O)c3oc4ccccc4c3C)C2)CC1. The summed E-state index contributed by atoms with van der Waals surface area (Å²) in [5.41, 5.74) is 2.96. The van der Waals surface area contributed by atoms with Crippen LogP contribution in [0.2, 0.25) is 0 Å². The molecule has 31 heavy (non-hydrogen) atoms. The van der Waals surface area contributed by atoms with Gasteiger partial charge in [-0.05, 0) is 51.5 Å². The molecule has 0 radical (unpaired) electrons. The molecule has 2 aromatic heterocycles. The molecule has 4 heterocycles. The predicted octanol–water partition coefficient (Wildman–Crippen LogP) is 4.11. The van der Waals surface area contributed by atoms with Crippen LogP contribution >= 0.6 is 0 Å². The lowest BCUT2D eigenvalue weighted by Gasteiger charge is -2.39. The summed E-state index contributed by atoms with van der Waals surface area (Å²) < 4.78 is 11.1. The van der Waals surface area contributed by atoms with E-state index in [-0.39, 0.29) is 17.2 Å². The van der Waals surface area contributed by atoms with E-state index in [2.05, 4.69) is 5.16 Å². The third-order valence-corrected chi connectivity index (χ3v) is 7.12. The Balaban J connectivity index is 1.27. The third kappa shape index (κ3) is 3.23. The monoisotopic (exact) mass is 421 g/mol. The number of aromatic nitrogens is 1. The third-order valence-electron chi connectivity index (χ3n) is 7.12. The molecule has 0 unspecified atom stereocenters. The van der Waals surface area contributed by atoms with Crippen LogP contribution in [0.4, 0.5) is 0 Å². The van der Waals surface area contributed by atoms with Gasteiger partial charge in [0, 0.05) is 37.1 Å². The summed E-state index contributed by atoms with van der Waals surface area (Å²) in [6, 6.07) is 7.77. The van der Waals surface area contributed by atoms with E-state index in [1.807, 2.05) is 41.0 Å². The lowest BCUT2D eigenvalue weighted by Crippen LogP contribution is -2.45. The Morgan fingerprint density at radius 2 is 1.65 bits per heavy atom. The lowest BCUT2D eigenvalue weighted by atomic mass is 9.77. The number of piperidine rings is 1. The molecule has 2 fully saturated rings. The van der Waals surface area contributed by atoms with Gasteiger partial charge < -0.3 is 18.7 Å². The van der Waals surface area contributed by atoms with Crippen molar-refractivity contribution in [3.05, 3.63) is 52.6 Å². The predicted molar refractivity (Wildman–Crippen MR) is 115 cm³/mol. The average Bonchev–Trinajstić information content (AvgIpc) is 3.44. The molecule has 0 bridgehead atoms. The molecule has 0 N–H and O–H groups in total. The number of aryl methyl sites for hydroxylation is 3. The van der Waals surface area contributed by atoms with Crippen molar-refractivity contribution in [2.75, 3.05) is 26.2 Å². The number of benzene rings is 1. The fourth-order valence-corrected chi connectivity index (χ4v) is 5.17. The Morgan fingerprint density at radius 1 is 0.968 bits per heavy atom. The van der Waals surface area contributed by atoms with E-state index >= 15 is 0 Å². The van der Waals surface area contributed by atoms with Gasteiger partial charge in [-0.25, -0.2) is 0 Å². The minimum Gasteiger partial charge on any atom is -0.451 e. The quantitative estimate of drug-likeness (QED) is 0.622. The van der Waals surface area contributed by atoms with Gasteiger partial charge in [0.2, 0.25) is 0 Å². The Morgan fingerprint density at radius 3 is 2.29 bits per heavy atom. The van der Waals surface area contributed by atoms with Crippen LogP contribution in [0, 0.1) is 26.2 Å². The highest BCUT2D eigenvalue weighted by molar-refractivity contribution is 5.99. The molecule has 2 aliphatic heterocycles. The first kappa shape index (κ1) is 19.8. The van der Waals surface area contributed by atoms with Crippen LogP contribution in [0.1, 0.15) is 57.2 Å². The van der Waals surface area contributed by atoms with Crippen LogP contribution in [0.15, 0.2) is 33.2 Å². The van der Waals surface area contributed by atoms with Crippen molar-refractivity contribution in [1.29, 1.82) is 0 Å². The van der Waals surface area contributed by atoms with Crippen LogP contribution in [0.3, 0.4) is 0 Å². The average molecular weight is 421 g/mol. The molecule has 1 aromatic carbocycles. The number of furan rings is 1. The molecule has 7 heteroatoms. The molecule has 5 rings (SSSR count). The first-order valence-corrected chi connectivity index (χ1v) is 10.9. The maximum absolute atomic E-state index is 13.2. The summed E-state index contributed by atoms with van der Waals surface area (Å²) in [5.74, 6) is 0.987. The molecule has 0 atom stereocenters. The number of nitrogens with zero attached hydrogens (tertiary/aromatic N) is 3. The fourth-order valence-electron chi connectivity index (χ4n) is 5.17. The maximum Gasteiger partial charge on any atom is 0.289 e. The molecule has 0 saturated carbocycles. The number of amides is 2. The summed E-state index contributed by atoms with van der Waals surface area (Å²) in [6.45, 7) is 8.35. The van der Waals surface area contributed by atoms with E-state index in [9.17, 15) is 9.59 Å². The van der Waals surface area contributed by atoms with Crippen molar-refractivity contribution in [1.82, 2.24) is 15.0 Å². The van der Waals surface area contributed by atoms with Gasteiger partial charge in [0.1, 0.15) is 16.9 Å². The Hall–Kier alpha value is -3.09. The number of carbonyl (C=O) groups excluding carboxylic acids is 2. The van der Waals surface area contributed by atoms with E-state index in [0.29, 0.717) is 35.9 Å². The van der Waals surface area contributed by atoms with Gasteiger partial charge in [0.15, 0.2) is 5.76 Å². The van der Waals surface area contributed by atoms with E-state index in [0.717, 1.165) is 48.9 Å². The van der Waals surface area contributed by atoms with Crippen molar-refractivity contribution in [3.63, 3.8) is 0 Å². The standard InChI is InChI=1S/C24H27N3O4/c1-15-18-6-4-5-7-19(18)30-21(15)23(29)27-13-10-24(14-27)8-11-26(12-9-24)22(28)20-16(2)25-31-17(20)3/h4-7H,8-14H2,1-3H3. The van der Waals surface area contributed by atoms with Crippen LogP contribution in [-0.4, -0.2) is 52.9 Å². The van der Waals surface area contributed by atoms with E-state index in [4.69, 9.17) is 8.94 Å². The molecule has 162 valence electrons. The Kier molecular flexibility index (Phi) is 4.64. The van der Waals surface area contributed by atoms with Crippen molar-refractivity contribution in [2.45, 2.75) is 40.0 Å². The van der Waals surface area contributed by atoms with Crippen LogP contribution in [-0.2, 0) is 0 Å². The molecule has 3 aromatic rings. The van der Waals surface area contributed by atoms with Gasteiger partial charge in [-0.3, -0.25) is 9.59 Å². The molecular weight excluding hydrogens is 394 g/mol. The Labute approximate surface area is 181 Å². The topological polar surface area (TPSA) is 79.8 Å². The number of hydrogen-bond acceptors (Lipinski definition) is 5. The fraction of sp³-hybridized carbons (Fsp3) is 0.458. The highest BCUT2D eigenvalue weighted by Crippen LogP contribution is 2.41. The van der Waals surface area contributed by atoms with Crippen LogP contribution in [0.5, 0.6) is 0 Å². The minimum atomic E-state index is -0.0280. The number of likely N-dealkylation sites (tertiary alicyclic amines) is 2. The second kappa shape index (κ2) is 7.25. The zero-order valence-electron chi connectivity index (χ0n) is 18.2. The molecule has 2 saturated heterocycles. The number of fused-ring (bicyclic) bond motifs is 1. The van der Waals surface area contributed by atoms with E-state index in [1.54, 1.807) is 13.8 Å². The van der Waals surface area contributed by atoms with Crippen molar-refractivity contribution >= 4 is 22.8 Å². The van der Waals surface area contributed by atoms with E-state index in [1.165, 1.54) is 0 Å². The summed E-state index contributed by atoms with van der Waals surface area (Å²) >= 11 is 0. The maximum atomic E-state index is 13.2. The van der Waals surface area contributed by atoms with Crippen LogP contribution in [0.25, 0.3) is 11.0 Å². The lowest BCUT2D eigenvalue weighted by molar-refractivity contribution is 0.0558. The summed E-state index contributed by atoms with van der Waals surface area (Å²) in [7, 11) is 0. The van der Waals surface area contributed by atoms with Gasteiger partial charge in [0.05, 0.1) is 5.69 Å². The van der Waals surface area contributed by atoms with Crippen molar-refractivity contribution in [3.8, 4) is 0 Å². The molecule has 2 amide bonds. The van der Waals surface area contributed by atoms with Crippen molar-refractivity contribution < 1.29 is 18.5 Å². The first-order chi connectivity index (χ1) is 14.9. The summed E-state index contributed by atoms with van der Waals surface area (Å²) in [5, 5.41) is 4.90. The largest absolute Gasteiger partial charge is 0.451 e. The van der Waals surface area contributed by atoms with Crippen molar-refractivity contribution in [2.24, 2.45) is 5.41 Å². The highest BCUT2D eigenvalue weighted by atomic mass is 16.5. The van der Waals surface area contributed by atoms with Gasteiger partial charge in [0.25, 0.3) is 11.8 Å². The molecule has 7 nitrogen and oxygen atoms in total. The number of carbonyl (C=O) groups is 2. The highest BCUT2D eigenvalue weighted by Gasteiger charge is 2.44. The second-order valence-corrected chi connectivity index (χ2v) is 9.02. The second-order valence-electron chi connectivity index (χ2n) is 9.02. The molecule has 2 aliphatic rings. The molecular formula is C24H27N3O4. The van der Waals surface area contributed by atoms with Gasteiger partial charge in [-0.15, -0.1) is 0 Å². The Bertz CT molecular complexity index is 1150. The van der Waals surface area contributed by atoms with Crippen LogP contribution < -0.4 is 0 Å². The number of para-hydroxylation sites is 1. The normalized spacial score (nSPS) is 18.3. The zero-order chi connectivity index (χ0) is 21.8. The summed E-state index contributed by atoms with van der Waals surface area (Å²) in [6.07, 6.45) is 2.75. The molecule has 0 aliphatic carbocycles. The minimum absolute atomic E-state index is 0.00469. The van der Waals surface area contributed by atoms with Gasteiger partial charge in [-0.2, -0.15) is 0 Å². The van der Waals surface area contributed by atoms with Gasteiger partial charge in [-0.1, -0.05) is 23.4 Å². The summed E-state index contributed by atoms with van der Waals surface area (Å²) in [4.78, 5) is 30.0. The molecule has 1 spiro atoms. The zero-order valence-corrected chi connectivity index (χ0v) is 18.2. The van der Waals surface area contributed by atoms with Gasteiger partial charge >= 0.3 is 0 Å².